The van der Waals surface area contributed by atoms with Crippen molar-refractivity contribution in [2.24, 2.45) is 0 Å². The van der Waals surface area contributed by atoms with Crippen molar-refractivity contribution in [1.82, 2.24) is 5.16 Å². The average molecular weight is 301 g/mol. The Kier molecular flexibility index (Phi) is 2.78. The fourth-order valence-corrected chi connectivity index (χ4v) is 1.88. The van der Waals surface area contributed by atoms with Gasteiger partial charge in [-0.15, -0.1) is 0 Å². The molecule has 21 heavy (non-hydrogen) atoms. The SMILES string of the molecule is O=C(O)c1cc(-c2cc3c(cc2C(F)(F)F)OCO3)on1. The number of hydrogen-bond donors (Lipinski definition) is 1. The summed E-state index contributed by atoms with van der Waals surface area (Å²) in [5.74, 6) is -1.65. The van der Waals surface area contributed by atoms with Crippen LogP contribution < -0.4 is 9.47 Å². The van der Waals surface area contributed by atoms with E-state index in [1.54, 1.807) is 0 Å². The Morgan fingerprint density at radius 1 is 1.19 bits per heavy atom. The fourth-order valence-electron chi connectivity index (χ4n) is 1.88. The first-order chi connectivity index (χ1) is 9.86. The smallest absolute Gasteiger partial charge is 0.417 e. The molecule has 1 aromatic heterocycles. The molecule has 0 saturated heterocycles. The number of halogens is 3. The highest BCUT2D eigenvalue weighted by Gasteiger charge is 2.37. The number of aromatic carboxylic acids is 1. The third-order valence-corrected chi connectivity index (χ3v) is 2.81. The van der Waals surface area contributed by atoms with Gasteiger partial charge in [-0.3, -0.25) is 0 Å². The van der Waals surface area contributed by atoms with Crippen LogP contribution in [0.5, 0.6) is 11.5 Å². The summed E-state index contributed by atoms with van der Waals surface area (Å²) in [5.41, 5.74) is -1.89. The van der Waals surface area contributed by atoms with Gasteiger partial charge in [-0.05, 0) is 12.1 Å². The van der Waals surface area contributed by atoms with Crippen LogP contribution in [0.15, 0.2) is 22.7 Å². The number of nitrogens with zero attached hydrogens (tertiary/aromatic N) is 1. The first-order valence-electron chi connectivity index (χ1n) is 5.57. The van der Waals surface area contributed by atoms with Crippen molar-refractivity contribution < 1.29 is 37.1 Å². The molecule has 0 bridgehead atoms. The van der Waals surface area contributed by atoms with Gasteiger partial charge in [0, 0.05) is 11.6 Å². The molecule has 0 aliphatic carbocycles. The molecule has 9 heteroatoms. The van der Waals surface area contributed by atoms with Crippen molar-refractivity contribution in [3.8, 4) is 22.8 Å². The van der Waals surface area contributed by atoms with Gasteiger partial charge >= 0.3 is 12.1 Å². The van der Waals surface area contributed by atoms with Crippen molar-refractivity contribution >= 4 is 5.97 Å². The topological polar surface area (TPSA) is 81.8 Å². The second kappa shape index (κ2) is 4.40. The fraction of sp³-hybridized carbons (Fsp3) is 0.167. The maximum absolute atomic E-state index is 13.1. The number of hydrogen-bond acceptors (Lipinski definition) is 5. The Bertz CT molecular complexity index is 722. The predicted octanol–water partition coefficient (Wildman–Crippen LogP) is 2.79. The van der Waals surface area contributed by atoms with Gasteiger partial charge < -0.3 is 19.1 Å². The van der Waals surface area contributed by atoms with Crippen molar-refractivity contribution in [1.29, 1.82) is 0 Å². The number of benzene rings is 1. The van der Waals surface area contributed by atoms with Crippen LogP contribution in [0.25, 0.3) is 11.3 Å². The summed E-state index contributed by atoms with van der Waals surface area (Å²) >= 11 is 0. The highest BCUT2D eigenvalue weighted by Crippen LogP contribution is 2.44. The Labute approximate surface area is 114 Å². The third kappa shape index (κ3) is 2.26. The summed E-state index contributed by atoms with van der Waals surface area (Å²) in [6.45, 7) is -0.188. The first-order valence-corrected chi connectivity index (χ1v) is 5.57. The maximum Gasteiger partial charge on any atom is 0.417 e. The van der Waals surface area contributed by atoms with Gasteiger partial charge in [0.1, 0.15) is 0 Å². The van der Waals surface area contributed by atoms with Crippen LogP contribution in [0.2, 0.25) is 0 Å². The Morgan fingerprint density at radius 3 is 2.43 bits per heavy atom. The van der Waals surface area contributed by atoms with E-state index < -0.39 is 23.4 Å². The molecule has 1 aliphatic rings. The summed E-state index contributed by atoms with van der Waals surface area (Å²) in [4.78, 5) is 10.7. The highest BCUT2D eigenvalue weighted by atomic mass is 19.4. The second-order valence-electron chi connectivity index (χ2n) is 4.13. The van der Waals surface area contributed by atoms with E-state index in [-0.39, 0.29) is 29.6 Å². The molecular weight excluding hydrogens is 295 g/mol. The molecule has 0 fully saturated rings. The number of carboxylic acid groups (broad SMARTS) is 1. The molecule has 1 N–H and O–H groups in total. The predicted molar refractivity (Wildman–Crippen MR) is 60.0 cm³/mol. The normalized spacial score (nSPS) is 13.5. The molecule has 0 radical (unpaired) electrons. The lowest BCUT2D eigenvalue weighted by molar-refractivity contribution is -0.137. The van der Waals surface area contributed by atoms with E-state index >= 15 is 0 Å². The Balaban J connectivity index is 2.17. The standard InChI is InChI=1S/C12H6F3NO5/c13-12(14,15)6-2-10-9(19-4-20-10)1-5(6)8-3-7(11(17)18)16-21-8/h1-3H,4H2,(H,17,18). The van der Waals surface area contributed by atoms with Crippen LogP contribution in [0, 0.1) is 0 Å². The van der Waals surface area contributed by atoms with Crippen molar-refractivity contribution in [2.45, 2.75) is 6.18 Å². The van der Waals surface area contributed by atoms with Gasteiger partial charge in [-0.25, -0.2) is 4.79 Å². The monoisotopic (exact) mass is 301 g/mol. The minimum Gasteiger partial charge on any atom is -0.476 e. The molecule has 6 nitrogen and oxygen atoms in total. The molecule has 2 heterocycles. The van der Waals surface area contributed by atoms with Crippen LogP contribution in [-0.4, -0.2) is 23.0 Å². The molecule has 2 aromatic rings. The zero-order chi connectivity index (χ0) is 15.2. The molecule has 0 saturated carbocycles. The van der Waals surface area contributed by atoms with Crippen LogP contribution in [-0.2, 0) is 6.18 Å². The van der Waals surface area contributed by atoms with Crippen LogP contribution in [0.1, 0.15) is 16.1 Å². The van der Waals surface area contributed by atoms with E-state index in [1.165, 1.54) is 0 Å². The summed E-state index contributed by atoms with van der Waals surface area (Å²) in [7, 11) is 0. The Morgan fingerprint density at radius 2 is 1.86 bits per heavy atom. The molecule has 3 rings (SSSR count). The van der Waals surface area contributed by atoms with Crippen molar-refractivity contribution in [2.75, 3.05) is 6.79 Å². The highest BCUT2D eigenvalue weighted by molar-refractivity contribution is 5.86. The lowest BCUT2D eigenvalue weighted by Crippen LogP contribution is -2.07. The minimum atomic E-state index is -4.67. The van der Waals surface area contributed by atoms with Gasteiger partial charge in [0.05, 0.1) is 5.56 Å². The van der Waals surface area contributed by atoms with Gasteiger partial charge in [0.15, 0.2) is 23.0 Å². The second-order valence-corrected chi connectivity index (χ2v) is 4.13. The molecule has 0 atom stereocenters. The van der Waals surface area contributed by atoms with E-state index in [1.807, 2.05) is 0 Å². The zero-order valence-corrected chi connectivity index (χ0v) is 10.1. The van der Waals surface area contributed by atoms with Crippen LogP contribution in [0.3, 0.4) is 0 Å². The molecule has 110 valence electrons. The molecule has 0 spiro atoms. The largest absolute Gasteiger partial charge is 0.476 e. The van der Waals surface area contributed by atoms with Crippen LogP contribution in [0.4, 0.5) is 13.2 Å². The summed E-state index contributed by atoms with van der Waals surface area (Å²) in [6, 6.07) is 2.77. The lowest BCUT2D eigenvalue weighted by Gasteiger charge is -2.11. The molecule has 0 amide bonds. The minimum absolute atomic E-state index is 0.0379. The van der Waals surface area contributed by atoms with Crippen molar-refractivity contribution in [3.63, 3.8) is 0 Å². The van der Waals surface area contributed by atoms with Gasteiger partial charge in [-0.1, -0.05) is 5.16 Å². The van der Waals surface area contributed by atoms with Crippen LogP contribution >= 0.6 is 0 Å². The number of carboxylic acids is 1. The third-order valence-electron chi connectivity index (χ3n) is 2.81. The molecule has 1 aliphatic heterocycles. The average Bonchev–Trinajstić information content (AvgIpc) is 3.04. The quantitative estimate of drug-likeness (QED) is 0.918. The lowest BCUT2D eigenvalue weighted by atomic mass is 10.0. The first kappa shape index (κ1) is 13.3. The van der Waals surface area contributed by atoms with E-state index in [0.29, 0.717) is 0 Å². The Hall–Kier alpha value is -2.71. The number of fused-ring (bicyclic) bond motifs is 1. The van der Waals surface area contributed by atoms with E-state index in [4.69, 9.17) is 14.6 Å². The van der Waals surface area contributed by atoms with E-state index in [2.05, 4.69) is 9.68 Å². The molecule has 1 aromatic carbocycles. The van der Waals surface area contributed by atoms with Gasteiger partial charge in [0.25, 0.3) is 0 Å². The van der Waals surface area contributed by atoms with Crippen molar-refractivity contribution in [3.05, 3.63) is 29.5 Å². The summed E-state index contributed by atoms with van der Waals surface area (Å²) in [6.07, 6.45) is -4.67. The van der Waals surface area contributed by atoms with E-state index in [9.17, 15) is 18.0 Å². The summed E-state index contributed by atoms with van der Waals surface area (Å²) < 4.78 is 53.9. The number of alkyl halides is 3. The molecule has 0 unspecified atom stereocenters. The zero-order valence-electron chi connectivity index (χ0n) is 10.1. The molecular formula is C12H6F3NO5. The van der Waals surface area contributed by atoms with Gasteiger partial charge in [0.2, 0.25) is 6.79 Å². The maximum atomic E-state index is 13.1. The van der Waals surface area contributed by atoms with Gasteiger partial charge in [-0.2, -0.15) is 13.2 Å². The number of rotatable bonds is 2. The number of aromatic nitrogens is 1. The number of ether oxygens (including phenoxy) is 2. The number of carbonyl (C=O) groups is 1. The summed E-state index contributed by atoms with van der Waals surface area (Å²) in [5, 5.41) is 11.9. The van der Waals surface area contributed by atoms with E-state index in [0.717, 1.165) is 18.2 Å².